The van der Waals surface area contributed by atoms with Crippen LogP contribution < -0.4 is 10.6 Å². The van der Waals surface area contributed by atoms with Crippen molar-refractivity contribution in [3.8, 4) is 0 Å². The molecule has 7 nitrogen and oxygen atoms in total. The minimum atomic E-state index is -4.46. The van der Waals surface area contributed by atoms with Crippen LogP contribution in [0.3, 0.4) is 0 Å². The predicted molar refractivity (Wildman–Crippen MR) is 172 cm³/mol. The Morgan fingerprint density at radius 1 is 0.809 bits per heavy atom. The summed E-state index contributed by atoms with van der Waals surface area (Å²) in [4.78, 5) is 41.8. The van der Waals surface area contributed by atoms with Gasteiger partial charge < -0.3 is 20.6 Å². The van der Waals surface area contributed by atoms with Crippen molar-refractivity contribution >= 4 is 17.6 Å². The fourth-order valence-corrected chi connectivity index (χ4v) is 5.80. The summed E-state index contributed by atoms with van der Waals surface area (Å²) in [5, 5.41) is 17.0. The Morgan fingerprint density at radius 2 is 1.45 bits per heavy atom. The van der Waals surface area contributed by atoms with Crippen molar-refractivity contribution in [2.45, 2.75) is 50.2 Å². The van der Waals surface area contributed by atoms with Crippen molar-refractivity contribution < 1.29 is 32.7 Å². The third-order valence-electron chi connectivity index (χ3n) is 8.26. The highest BCUT2D eigenvalue weighted by Crippen LogP contribution is 2.29. The Labute approximate surface area is 271 Å². The van der Waals surface area contributed by atoms with E-state index >= 15 is 0 Å². The number of rotatable bonds is 12. The molecule has 0 spiro atoms. The number of aliphatic hydroxyl groups is 1. The fourth-order valence-electron chi connectivity index (χ4n) is 5.80. The molecule has 0 aliphatic carbocycles. The van der Waals surface area contributed by atoms with E-state index in [9.17, 15) is 32.7 Å². The lowest BCUT2D eigenvalue weighted by Gasteiger charge is -2.26. The van der Waals surface area contributed by atoms with Crippen molar-refractivity contribution in [1.82, 2.24) is 15.5 Å². The minimum absolute atomic E-state index is 0.00164. The van der Waals surface area contributed by atoms with Crippen LogP contribution in [0.4, 0.5) is 13.2 Å². The molecule has 0 aromatic heterocycles. The molecule has 1 heterocycles. The molecule has 1 aliphatic heterocycles. The number of likely N-dealkylation sites (tertiary alicyclic amines) is 1. The number of Topliss-reactive ketones (excluding diaryl/α,β-unsaturated/α-hetero) is 1. The van der Waals surface area contributed by atoms with Gasteiger partial charge in [-0.2, -0.15) is 13.2 Å². The molecule has 0 radical (unpaired) electrons. The fraction of sp³-hybridized carbons (Fsp3) is 0.270. The molecule has 2 amide bonds. The van der Waals surface area contributed by atoms with E-state index < -0.39 is 35.8 Å². The summed E-state index contributed by atoms with van der Waals surface area (Å²) in [7, 11) is 0. The number of carbonyl (C=O) groups excluding carboxylic acids is 3. The zero-order valence-corrected chi connectivity index (χ0v) is 25.6. The highest BCUT2D eigenvalue weighted by molar-refractivity contribution is 6.05. The van der Waals surface area contributed by atoms with Crippen LogP contribution >= 0.6 is 0 Å². The number of aliphatic hydroxyl groups excluding tert-OH is 1. The van der Waals surface area contributed by atoms with Gasteiger partial charge in [-0.05, 0) is 54.7 Å². The number of carbonyl (C=O) groups is 3. The van der Waals surface area contributed by atoms with Crippen LogP contribution in [0.25, 0.3) is 0 Å². The first kappa shape index (κ1) is 33.6. The van der Waals surface area contributed by atoms with Gasteiger partial charge in [0, 0.05) is 36.3 Å². The Hall–Kier alpha value is -4.80. The Balaban J connectivity index is 1.27. The van der Waals surface area contributed by atoms with Crippen LogP contribution in [-0.2, 0) is 19.1 Å². The average Bonchev–Trinajstić information content (AvgIpc) is 3.58. The normalized spacial score (nSPS) is 16.0. The van der Waals surface area contributed by atoms with Gasteiger partial charge in [0.25, 0.3) is 11.8 Å². The van der Waals surface area contributed by atoms with Gasteiger partial charge in [0.1, 0.15) is 0 Å². The number of hydrogen-bond acceptors (Lipinski definition) is 5. The molecule has 1 unspecified atom stereocenters. The second kappa shape index (κ2) is 15.2. The Kier molecular flexibility index (Phi) is 10.8. The van der Waals surface area contributed by atoms with Gasteiger partial charge >= 0.3 is 6.18 Å². The summed E-state index contributed by atoms with van der Waals surface area (Å²) < 4.78 is 39.4. The topological polar surface area (TPSA) is 98.7 Å². The first-order chi connectivity index (χ1) is 22.6. The summed E-state index contributed by atoms with van der Waals surface area (Å²) in [6.07, 6.45) is -4.02. The van der Waals surface area contributed by atoms with Crippen LogP contribution in [0.5, 0.6) is 0 Å². The van der Waals surface area contributed by atoms with Crippen LogP contribution in [-0.4, -0.2) is 58.9 Å². The van der Waals surface area contributed by atoms with E-state index in [1.807, 2.05) is 36.4 Å². The van der Waals surface area contributed by atoms with Crippen LogP contribution in [0.15, 0.2) is 109 Å². The smallest absolute Gasteiger partial charge is 0.390 e. The minimum Gasteiger partial charge on any atom is -0.390 e. The van der Waals surface area contributed by atoms with Gasteiger partial charge in [0.05, 0.1) is 23.8 Å². The number of alkyl halides is 3. The van der Waals surface area contributed by atoms with E-state index in [2.05, 4.69) is 10.6 Å². The second-order valence-electron chi connectivity index (χ2n) is 11.6. The van der Waals surface area contributed by atoms with E-state index in [4.69, 9.17) is 0 Å². The highest BCUT2D eigenvalue weighted by Gasteiger charge is 2.35. The van der Waals surface area contributed by atoms with Gasteiger partial charge in [-0.3, -0.25) is 14.4 Å². The van der Waals surface area contributed by atoms with Crippen molar-refractivity contribution in [2.24, 2.45) is 0 Å². The molecule has 47 heavy (non-hydrogen) atoms. The monoisotopic (exact) mass is 643 g/mol. The van der Waals surface area contributed by atoms with Crippen molar-refractivity contribution in [1.29, 1.82) is 0 Å². The summed E-state index contributed by atoms with van der Waals surface area (Å²) >= 11 is 0. The zero-order valence-electron chi connectivity index (χ0n) is 25.6. The molecule has 0 bridgehead atoms. The molecule has 3 atom stereocenters. The number of ketones is 1. The Bertz CT molecular complexity index is 1680. The second-order valence-corrected chi connectivity index (χ2v) is 11.6. The van der Waals surface area contributed by atoms with E-state index in [0.717, 1.165) is 17.7 Å². The standard InChI is InChI=1S/C37H36F3N3O4/c38-37(39,40)30-17-7-12-26(20-30)23-41-24-33(44)31(21-25-10-3-1-4-11-25)42-35(46)28-15-8-16-29(22-28)36(47)43-19-9-18-32(43)34(45)27-13-5-2-6-14-27/h1-8,10-17,20,22,31-33,41,44H,9,18-19,21,23-24H2,(H,42,46)/t31-,32?,33-/m0/s1. The van der Waals surface area contributed by atoms with Crippen molar-refractivity contribution in [2.75, 3.05) is 13.1 Å². The Morgan fingerprint density at radius 3 is 2.17 bits per heavy atom. The van der Waals surface area contributed by atoms with Crippen molar-refractivity contribution in [3.05, 3.63) is 143 Å². The largest absolute Gasteiger partial charge is 0.416 e. The van der Waals surface area contributed by atoms with Crippen molar-refractivity contribution in [3.63, 3.8) is 0 Å². The molecule has 244 valence electrons. The first-order valence-corrected chi connectivity index (χ1v) is 15.5. The van der Waals surface area contributed by atoms with E-state index in [1.54, 1.807) is 53.4 Å². The molecule has 1 saturated heterocycles. The number of halogens is 3. The maximum Gasteiger partial charge on any atom is 0.416 e. The average molecular weight is 644 g/mol. The van der Waals surface area contributed by atoms with E-state index in [0.29, 0.717) is 30.5 Å². The van der Waals surface area contributed by atoms with Gasteiger partial charge in [-0.1, -0.05) is 84.9 Å². The van der Waals surface area contributed by atoms with Crippen LogP contribution in [0.1, 0.15) is 60.6 Å². The molecule has 5 rings (SSSR count). The first-order valence-electron chi connectivity index (χ1n) is 15.5. The lowest BCUT2D eigenvalue weighted by Crippen LogP contribution is -2.48. The SMILES string of the molecule is O=C(N[C@@H](Cc1ccccc1)[C@@H](O)CNCc1cccc(C(F)(F)F)c1)c1cccc(C(=O)N2CCCC2C(=O)c2ccccc2)c1. The molecule has 1 aliphatic rings. The number of nitrogens with one attached hydrogen (secondary N) is 2. The van der Waals surface area contributed by atoms with Gasteiger partial charge in [0.15, 0.2) is 5.78 Å². The maximum atomic E-state index is 13.6. The molecule has 1 fully saturated rings. The third-order valence-corrected chi connectivity index (χ3v) is 8.26. The van der Waals surface area contributed by atoms with Gasteiger partial charge in [-0.15, -0.1) is 0 Å². The lowest BCUT2D eigenvalue weighted by atomic mass is 9.99. The number of amides is 2. The number of nitrogens with zero attached hydrogens (tertiary/aromatic N) is 1. The molecule has 4 aromatic rings. The predicted octanol–water partition coefficient (Wildman–Crippen LogP) is 5.68. The van der Waals surface area contributed by atoms with E-state index in [1.165, 1.54) is 12.1 Å². The summed E-state index contributed by atoms with van der Waals surface area (Å²) in [6.45, 7) is 0.511. The van der Waals surface area contributed by atoms with Crippen LogP contribution in [0, 0.1) is 0 Å². The molecule has 4 aromatic carbocycles. The zero-order chi connectivity index (χ0) is 33.4. The van der Waals surface area contributed by atoms with Gasteiger partial charge in [0.2, 0.25) is 0 Å². The quantitative estimate of drug-likeness (QED) is 0.173. The summed E-state index contributed by atoms with van der Waals surface area (Å²) in [5.74, 6) is -0.966. The third kappa shape index (κ3) is 8.72. The maximum absolute atomic E-state index is 13.6. The molecule has 10 heteroatoms. The van der Waals surface area contributed by atoms with E-state index in [-0.39, 0.29) is 42.3 Å². The summed E-state index contributed by atoms with van der Waals surface area (Å²) in [5.41, 5.74) is 1.54. The van der Waals surface area contributed by atoms with Gasteiger partial charge in [-0.25, -0.2) is 0 Å². The highest BCUT2D eigenvalue weighted by atomic mass is 19.4. The lowest BCUT2D eigenvalue weighted by molar-refractivity contribution is -0.137. The number of benzene rings is 4. The summed E-state index contributed by atoms with van der Waals surface area (Å²) in [6, 6.07) is 28.0. The molecule has 3 N–H and O–H groups in total. The molecular weight excluding hydrogens is 607 g/mol. The molecular formula is C37H36F3N3O4. The number of hydrogen-bond donors (Lipinski definition) is 3. The molecule has 0 saturated carbocycles. The van der Waals surface area contributed by atoms with Crippen LogP contribution in [0.2, 0.25) is 0 Å².